The van der Waals surface area contributed by atoms with E-state index in [2.05, 4.69) is 23.5 Å². The van der Waals surface area contributed by atoms with Gasteiger partial charge < -0.3 is 10.4 Å². The molecule has 1 unspecified atom stereocenters. The Balaban J connectivity index is 2.04. The van der Waals surface area contributed by atoms with Crippen molar-refractivity contribution in [1.29, 1.82) is 0 Å². The van der Waals surface area contributed by atoms with Gasteiger partial charge in [0.1, 0.15) is 0 Å². The molecule has 1 atom stereocenters. The molecule has 0 saturated carbocycles. The fourth-order valence-corrected chi connectivity index (χ4v) is 2.52. The van der Waals surface area contributed by atoms with Crippen LogP contribution in [0, 0.1) is 0 Å². The largest absolute Gasteiger partial charge is 0.481 e. The second-order valence-corrected chi connectivity index (χ2v) is 4.74. The van der Waals surface area contributed by atoms with Crippen molar-refractivity contribution in [3.05, 3.63) is 34.9 Å². The summed E-state index contributed by atoms with van der Waals surface area (Å²) in [7, 11) is 1.82. The molecule has 0 aromatic heterocycles. The minimum Gasteiger partial charge on any atom is -0.481 e. The topological polar surface area (TPSA) is 49.3 Å². The number of carboxylic acid groups (broad SMARTS) is 1. The summed E-state index contributed by atoms with van der Waals surface area (Å²) < 4.78 is 0. The molecule has 17 heavy (non-hydrogen) atoms. The molecule has 1 aliphatic rings. The maximum Gasteiger partial charge on any atom is 0.304 e. The van der Waals surface area contributed by atoms with E-state index in [1.54, 1.807) is 0 Å². The lowest BCUT2D eigenvalue weighted by atomic mass is 9.99. The van der Waals surface area contributed by atoms with Gasteiger partial charge in [-0.3, -0.25) is 4.79 Å². The number of carbonyl (C=O) groups is 1. The van der Waals surface area contributed by atoms with Crippen LogP contribution in [-0.4, -0.2) is 24.2 Å². The highest BCUT2D eigenvalue weighted by Gasteiger charge is 2.14. The van der Waals surface area contributed by atoms with Gasteiger partial charge in [-0.05, 0) is 49.4 Å². The van der Waals surface area contributed by atoms with E-state index in [9.17, 15) is 4.79 Å². The molecule has 0 fully saturated rings. The molecule has 1 aromatic carbocycles. The molecule has 0 aliphatic heterocycles. The molecule has 2 rings (SSSR count). The molecular weight excluding hydrogens is 214 g/mol. The van der Waals surface area contributed by atoms with Gasteiger partial charge >= 0.3 is 5.97 Å². The number of likely N-dealkylation sites (N-methyl/N-ethyl adjacent to an activating group) is 1. The lowest BCUT2D eigenvalue weighted by molar-refractivity contribution is -0.137. The first-order valence-corrected chi connectivity index (χ1v) is 6.19. The molecule has 1 aliphatic carbocycles. The Morgan fingerprint density at radius 2 is 2.18 bits per heavy atom. The zero-order valence-electron chi connectivity index (χ0n) is 10.2. The van der Waals surface area contributed by atoms with Crippen LogP contribution in [0.5, 0.6) is 0 Å². The standard InChI is InChI=1S/C14H19NO2/c1-15-13(9-14(16)17)8-10-5-6-11-3-2-4-12(11)7-10/h5-7,13,15H,2-4,8-9H2,1H3,(H,16,17). The average molecular weight is 233 g/mol. The molecule has 0 heterocycles. The van der Waals surface area contributed by atoms with Crippen LogP contribution in [0.3, 0.4) is 0 Å². The van der Waals surface area contributed by atoms with Crippen LogP contribution in [0.4, 0.5) is 0 Å². The van der Waals surface area contributed by atoms with Crippen LogP contribution in [0.1, 0.15) is 29.5 Å². The van der Waals surface area contributed by atoms with Crippen LogP contribution in [0.15, 0.2) is 18.2 Å². The van der Waals surface area contributed by atoms with Crippen molar-refractivity contribution < 1.29 is 9.90 Å². The number of aryl methyl sites for hydroxylation is 2. The van der Waals surface area contributed by atoms with Crippen LogP contribution in [-0.2, 0) is 24.1 Å². The Morgan fingerprint density at radius 3 is 2.88 bits per heavy atom. The highest BCUT2D eigenvalue weighted by Crippen LogP contribution is 2.23. The lowest BCUT2D eigenvalue weighted by Gasteiger charge is -2.14. The maximum atomic E-state index is 10.7. The van der Waals surface area contributed by atoms with Crippen molar-refractivity contribution in [1.82, 2.24) is 5.32 Å². The van der Waals surface area contributed by atoms with Crippen LogP contribution in [0.25, 0.3) is 0 Å². The highest BCUT2D eigenvalue weighted by atomic mass is 16.4. The third-order valence-corrected chi connectivity index (χ3v) is 3.47. The predicted octanol–water partition coefficient (Wildman–Crippen LogP) is 1.78. The summed E-state index contributed by atoms with van der Waals surface area (Å²) in [4.78, 5) is 10.7. The number of carboxylic acids is 1. The van der Waals surface area contributed by atoms with E-state index in [0.29, 0.717) is 0 Å². The summed E-state index contributed by atoms with van der Waals surface area (Å²) in [5.74, 6) is -0.745. The number of benzene rings is 1. The number of fused-ring (bicyclic) bond motifs is 1. The van der Waals surface area contributed by atoms with E-state index in [1.807, 2.05) is 7.05 Å². The molecule has 1 aromatic rings. The van der Waals surface area contributed by atoms with Crippen molar-refractivity contribution in [2.45, 2.75) is 38.1 Å². The number of hydrogen-bond donors (Lipinski definition) is 2. The first kappa shape index (κ1) is 12.1. The van der Waals surface area contributed by atoms with Crippen molar-refractivity contribution in [2.24, 2.45) is 0 Å². The van der Waals surface area contributed by atoms with Crippen molar-refractivity contribution in [3.63, 3.8) is 0 Å². The van der Waals surface area contributed by atoms with Gasteiger partial charge in [-0.2, -0.15) is 0 Å². The monoisotopic (exact) mass is 233 g/mol. The Hall–Kier alpha value is -1.35. The normalized spacial score (nSPS) is 15.6. The zero-order chi connectivity index (χ0) is 12.3. The van der Waals surface area contributed by atoms with Gasteiger partial charge in [-0.15, -0.1) is 0 Å². The summed E-state index contributed by atoms with van der Waals surface area (Å²) in [5.41, 5.74) is 4.16. The van der Waals surface area contributed by atoms with Gasteiger partial charge in [0.2, 0.25) is 0 Å². The second-order valence-electron chi connectivity index (χ2n) is 4.74. The fourth-order valence-electron chi connectivity index (χ4n) is 2.52. The summed E-state index contributed by atoms with van der Waals surface area (Å²) in [5, 5.41) is 11.9. The SMILES string of the molecule is CNC(CC(=O)O)Cc1ccc2c(c1)CCC2. The van der Waals surface area contributed by atoms with Crippen molar-refractivity contribution in [2.75, 3.05) is 7.05 Å². The molecule has 2 N–H and O–H groups in total. The molecule has 0 saturated heterocycles. The first-order chi connectivity index (χ1) is 8.19. The van der Waals surface area contributed by atoms with E-state index in [4.69, 9.17) is 5.11 Å². The van der Waals surface area contributed by atoms with E-state index >= 15 is 0 Å². The van der Waals surface area contributed by atoms with Crippen molar-refractivity contribution in [3.8, 4) is 0 Å². The van der Waals surface area contributed by atoms with Crippen LogP contribution < -0.4 is 5.32 Å². The van der Waals surface area contributed by atoms with E-state index in [0.717, 1.165) is 6.42 Å². The quantitative estimate of drug-likeness (QED) is 0.815. The third-order valence-electron chi connectivity index (χ3n) is 3.47. The fraction of sp³-hybridized carbons (Fsp3) is 0.500. The van der Waals surface area contributed by atoms with Crippen LogP contribution >= 0.6 is 0 Å². The number of aliphatic carboxylic acids is 1. The third kappa shape index (κ3) is 3.07. The van der Waals surface area contributed by atoms with Crippen molar-refractivity contribution >= 4 is 5.97 Å². The predicted molar refractivity (Wildman–Crippen MR) is 67.3 cm³/mol. The lowest BCUT2D eigenvalue weighted by Crippen LogP contribution is -2.30. The second kappa shape index (κ2) is 5.32. The summed E-state index contributed by atoms with van der Waals surface area (Å²) in [6.45, 7) is 0. The number of rotatable bonds is 5. The minimum atomic E-state index is -0.745. The highest BCUT2D eigenvalue weighted by molar-refractivity contribution is 5.67. The van der Waals surface area contributed by atoms with Gasteiger partial charge in [0.15, 0.2) is 0 Å². The minimum absolute atomic E-state index is 0.0203. The smallest absolute Gasteiger partial charge is 0.304 e. The number of hydrogen-bond acceptors (Lipinski definition) is 2. The molecule has 3 heteroatoms. The Kier molecular flexibility index (Phi) is 3.79. The van der Waals surface area contributed by atoms with Gasteiger partial charge in [0, 0.05) is 6.04 Å². The Morgan fingerprint density at radius 1 is 1.41 bits per heavy atom. The molecule has 0 amide bonds. The molecule has 92 valence electrons. The maximum absolute atomic E-state index is 10.7. The number of nitrogens with one attached hydrogen (secondary N) is 1. The Labute approximate surface area is 102 Å². The van der Waals surface area contributed by atoms with Gasteiger partial charge in [-0.1, -0.05) is 18.2 Å². The molecule has 0 radical (unpaired) electrons. The van der Waals surface area contributed by atoms with Gasteiger partial charge in [0.05, 0.1) is 6.42 Å². The first-order valence-electron chi connectivity index (χ1n) is 6.19. The van der Waals surface area contributed by atoms with E-state index < -0.39 is 5.97 Å². The van der Waals surface area contributed by atoms with Gasteiger partial charge in [-0.25, -0.2) is 0 Å². The summed E-state index contributed by atoms with van der Waals surface area (Å²) in [6.07, 6.45) is 4.58. The molecular formula is C14H19NO2. The van der Waals surface area contributed by atoms with Crippen LogP contribution in [0.2, 0.25) is 0 Å². The zero-order valence-corrected chi connectivity index (χ0v) is 10.2. The summed E-state index contributed by atoms with van der Waals surface area (Å²) >= 11 is 0. The molecule has 3 nitrogen and oxygen atoms in total. The van der Waals surface area contributed by atoms with E-state index in [-0.39, 0.29) is 12.5 Å². The molecule has 0 spiro atoms. The summed E-state index contributed by atoms with van der Waals surface area (Å²) in [6, 6.07) is 6.60. The molecule has 0 bridgehead atoms. The van der Waals surface area contributed by atoms with E-state index in [1.165, 1.54) is 36.0 Å². The average Bonchev–Trinajstić information content (AvgIpc) is 2.74. The Bertz CT molecular complexity index is 415. The van der Waals surface area contributed by atoms with Gasteiger partial charge in [0.25, 0.3) is 0 Å².